The van der Waals surface area contributed by atoms with Crippen LogP contribution < -0.4 is 0 Å². The molecular weight excluding hydrogens is 430 g/mol. The van der Waals surface area contributed by atoms with Gasteiger partial charge in [0.1, 0.15) is 36.6 Å². The lowest BCUT2D eigenvalue weighted by Crippen LogP contribution is -2.38. The highest BCUT2D eigenvalue weighted by Crippen LogP contribution is 2.51. The van der Waals surface area contributed by atoms with Gasteiger partial charge in [-0.2, -0.15) is 0 Å². The Morgan fingerprint density at radius 1 is 0.769 bits per heavy atom. The maximum Gasteiger partial charge on any atom is 0.325 e. The minimum absolute atomic E-state index is 0.268. The molecule has 14 heteroatoms. The number of aliphatic hydroxyl groups excluding tert-OH is 2. The standard InChI is InChI=1S/C12H22O10P2S2/c1-5-11-9(13)7(19-5)3-17-24(16,26)22-12-6(2)20-8(10(12)14)4-18-23(15,25)21-11/h5-14H,3-4H2,1-2H3,(H,15,25)(H,16,26). The fourth-order valence-corrected chi connectivity index (χ4v) is 6.08. The molecule has 3 fully saturated rings. The number of aliphatic hydroxyl groups is 2. The van der Waals surface area contributed by atoms with Crippen LogP contribution in [0.3, 0.4) is 0 Å². The zero-order chi connectivity index (χ0) is 19.3. The van der Waals surface area contributed by atoms with E-state index in [0.29, 0.717) is 0 Å². The number of fused-ring (bicyclic) bond motifs is 4. The molecule has 3 aliphatic heterocycles. The van der Waals surface area contributed by atoms with Crippen LogP contribution in [0.5, 0.6) is 0 Å². The van der Waals surface area contributed by atoms with Gasteiger partial charge in [-0.05, 0) is 37.5 Å². The summed E-state index contributed by atoms with van der Waals surface area (Å²) in [5.74, 6) is 0. The van der Waals surface area contributed by atoms with E-state index in [2.05, 4.69) is 0 Å². The molecule has 0 aromatic heterocycles. The predicted octanol–water partition coefficient (Wildman–Crippen LogP) is -0.466. The molecule has 0 amide bonds. The first-order valence-electron chi connectivity index (χ1n) is 7.97. The first-order valence-corrected chi connectivity index (χ1v) is 13.2. The highest BCUT2D eigenvalue weighted by molar-refractivity contribution is 8.07. The van der Waals surface area contributed by atoms with E-state index in [0.717, 1.165) is 0 Å². The van der Waals surface area contributed by atoms with Gasteiger partial charge in [0.2, 0.25) is 0 Å². The van der Waals surface area contributed by atoms with Crippen LogP contribution in [0.4, 0.5) is 0 Å². The van der Waals surface area contributed by atoms with Crippen LogP contribution in [0.25, 0.3) is 0 Å². The lowest BCUT2D eigenvalue weighted by molar-refractivity contribution is -0.0242. The molecule has 3 saturated heterocycles. The van der Waals surface area contributed by atoms with E-state index in [4.69, 9.17) is 51.2 Å². The number of hydrogen-bond acceptors (Lipinski definition) is 10. The van der Waals surface area contributed by atoms with Gasteiger partial charge in [-0.25, -0.2) is 0 Å². The lowest BCUT2D eigenvalue weighted by Gasteiger charge is -2.27. The molecule has 26 heavy (non-hydrogen) atoms. The molecule has 152 valence electrons. The second-order valence-corrected chi connectivity index (χ2v) is 12.0. The highest BCUT2D eigenvalue weighted by atomic mass is 32.5. The van der Waals surface area contributed by atoms with Crippen molar-refractivity contribution in [1.29, 1.82) is 0 Å². The van der Waals surface area contributed by atoms with Crippen LogP contribution in [0.1, 0.15) is 13.8 Å². The van der Waals surface area contributed by atoms with E-state index < -0.39 is 62.3 Å². The van der Waals surface area contributed by atoms with Gasteiger partial charge in [0.05, 0.1) is 25.4 Å². The molecule has 0 spiro atoms. The Hall–Kier alpha value is 0.900. The van der Waals surface area contributed by atoms with Crippen molar-refractivity contribution in [3.05, 3.63) is 0 Å². The summed E-state index contributed by atoms with van der Waals surface area (Å²) < 4.78 is 32.4. The monoisotopic (exact) mass is 452 g/mol. The van der Waals surface area contributed by atoms with Crippen LogP contribution in [0.2, 0.25) is 0 Å². The summed E-state index contributed by atoms with van der Waals surface area (Å²) in [6.45, 7) is -4.74. The van der Waals surface area contributed by atoms with Gasteiger partial charge in [-0.15, -0.1) is 0 Å². The molecular formula is C12H22O10P2S2. The summed E-state index contributed by atoms with van der Waals surface area (Å²) in [7, 11) is 0. The van der Waals surface area contributed by atoms with Gasteiger partial charge in [0.15, 0.2) is 0 Å². The van der Waals surface area contributed by atoms with E-state index >= 15 is 0 Å². The molecule has 3 rings (SSSR count). The van der Waals surface area contributed by atoms with Crippen LogP contribution >= 0.6 is 13.4 Å². The molecule has 10 atom stereocenters. The second kappa shape index (κ2) is 7.97. The van der Waals surface area contributed by atoms with E-state index in [-0.39, 0.29) is 13.2 Å². The summed E-state index contributed by atoms with van der Waals surface area (Å²) in [6.07, 6.45) is -7.25. The summed E-state index contributed by atoms with van der Waals surface area (Å²) in [4.78, 5) is 20.5. The van der Waals surface area contributed by atoms with Crippen LogP contribution in [-0.2, 0) is 51.2 Å². The van der Waals surface area contributed by atoms with Gasteiger partial charge in [-0.1, -0.05) is 0 Å². The van der Waals surface area contributed by atoms with E-state index in [9.17, 15) is 20.0 Å². The largest absolute Gasteiger partial charge is 0.387 e. The fourth-order valence-electron chi connectivity index (χ4n) is 3.12. The molecule has 0 aromatic carbocycles. The molecule has 0 aromatic rings. The molecule has 10 unspecified atom stereocenters. The fraction of sp³-hybridized carbons (Fsp3) is 1.00. The van der Waals surface area contributed by atoms with Gasteiger partial charge >= 0.3 is 13.4 Å². The SMILES string of the molecule is CC1OC2COP(O)(=S)OC3C(C)OC(COP(O)(=S)OC1C2O)C3O. The van der Waals surface area contributed by atoms with Crippen LogP contribution in [0, 0.1) is 0 Å². The van der Waals surface area contributed by atoms with E-state index in [1.807, 2.05) is 0 Å². The summed E-state index contributed by atoms with van der Waals surface area (Å²) in [5.41, 5.74) is 0. The molecule has 4 N–H and O–H groups in total. The minimum atomic E-state index is -3.73. The zero-order valence-corrected chi connectivity index (χ0v) is 17.4. The van der Waals surface area contributed by atoms with Crippen molar-refractivity contribution in [1.82, 2.24) is 0 Å². The maximum absolute atomic E-state index is 10.4. The van der Waals surface area contributed by atoms with Crippen molar-refractivity contribution >= 4 is 37.1 Å². The van der Waals surface area contributed by atoms with Crippen molar-refractivity contribution in [2.45, 2.75) is 62.7 Å². The third-order valence-corrected chi connectivity index (χ3v) is 7.57. The van der Waals surface area contributed by atoms with Gasteiger partial charge in [0, 0.05) is 0 Å². The van der Waals surface area contributed by atoms with Crippen molar-refractivity contribution in [2.24, 2.45) is 0 Å². The summed E-state index contributed by atoms with van der Waals surface area (Å²) in [5, 5.41) is 20.7. The zero-order valence-electron chi connectivity index (χ0n) is 14.0. The summed E-state index contributed by atoms with van der Waals surface area (Å²) >= 11 is 9.95. The predicted molar refractivity (Wildman–Crippen MR) is 95.3 cm³/mol. The number of hydrogen-bond donors (Lipinski definition) is 4. The molecule has 3 aliphatic rings. The van der Waals surface area contributed by atoms with Crippen molar-refractivity contribution in [3.63, 3.8) is 0 Å². The normalized spacial score (nSPS) is 56.2. The Bertz CT molecular complexity index is 571. The Balaban J connectivity index is 1.84. The van der Waals surface area contributed by atoms with E-state index in [1.54, 1.807) is 13.8 Å². The smallest absolute Gasteiger partial charge is 0.325 e. The average molecular weight is 452 g/mol. The average Bonchev–Trinajstić information content (AvgIpc) is 2.94. The number of rotatable bonds is 0. The molecule has 4 bridgehead atoms. The first kappa shape index (κ1) is 21.6. The molecule has 0 saturated carbocycles. The highest BCUT2D eigenvalue weighted by Gasteiger charge is 2.49. The summed E-state index contributed by atoms with van der Waals surface area (Å²) in [6, 6.07) is 0. The van der Waals surface area contributed by atoms with E-state index in [1.165, 1.54) is 0 Å². The Kier molecular flexibility index (Phi) is 6.62. The Morgan fingerprint density at radius 3 is 1.46 bits per heavy atom. The van der Waals surface area contributed by atoms with Crippen molar-refractivity contribution in [3.8, 4) is 0 Å². The molecule has 3 heterocycles. The van der Waals surface area contributed by atoms with Crippen molar-refractivity contribution < 1.29 is 47.6 Å². The number of ether oxygens (including phenoxy) is 2. The third kappa shape index (κ3) is 4.72. The molecule has 10 nitrogen and oxygen atoms in total. The topological polar surface area (TPSA) is 136 Å². The second-order valence-electron chi connectivity index (χ2n) is 6.41. The van der Waals surface area contributed by atoms with Gasteiger partial charge in [0.25, 0.3) is 0 Å². The first-order chi connectivity index (χ1) is 12.0. The van der Waals surface area contributed by atoms with Gasteiger partial charge < -0.3 is 38.5 Å². The van der Waals surface area contributed by atoms with Crippen molar-refractivity contribution in [2.75, 3.05) is 13.2 Å². The molecule has 0 radical (unpaired) electrons. The van der Waals surface area contributed by atoms with Crippen LogP contribution in [-0.4, -0.2) is 82.0 Å². The lowest BCUT2D eigenvalue weighted by atomic mass is 10.1. The minimum Gasteiger partial charge on any atom is -0.387 e. The maximum atomic E-state index is 10.4. The molecule has 0 aliphatic carbocycles. The quantitative estimate of drug-likeness (QED) is 0.354. The Labute approximate surface area is 160 Å². The van der Waals surface area contributed by atoms with Crippen LogP contribution in [0.15, 0.2) is 0 Å². The van der Waals surface area contributed by atoms with Gasteiger partial charge in [-0.3, -0.25) is 9.05 Å². The third-order valence-electron chi connectivity index (χ3n) is 4.45. The Morgan fingerprint density at radius 2 is 1.12 bits per heavy atom.